The molecule has 21 heavy (non-hydrogen) atoms. The van der Waals surface area contributed by atoms with Gasteiger partial charge in [-0.1, -0.05) is 0 Å². The molecule has 114 valence electrons. The maximum Gasteiger partial charge on any atom is 0.164 e. The molecule has 1 aromatic carbocycles. The maximum atomic E-state index is 10.6. The lowest BCUT2D eigenvalue weighted by molar-refractivity contribution is 0.250. The molecule has 1 unspecified atom stereocenters. The Balaban J connectivity index is 2.00. The van der Waals surface area contributed by atoms with Crippen LogP contribution in [-0.2, 0) is 18.3 Å². The van der Waals surface area contributed by atoms with Crippen LogP contribution in [0.4, 0.5) is 0 Å². The summed E-state index contributed by atoms with van der Waals surface area (Å²) in [6.45, 7) is 3.50. The van der Waals surface area contributed by atoms with E-state index in [0.717, 1.165) is 62.0 Å². The van der Waals surface area contributed by atoms with Gasteiger partial charge >= 0.3 is 0 Å². The lowest BCUT2D eigenvalue weighted by atomic mass is 9.80. The van der Waals surface area contributed by atoms with Gasteiger partial charge in [-0.25, -0.2) is 0 Å². The summed E-state index contributed by atoms with van der Waals surface area (Å²) in [6, 6.07) is 0.0997. The molecule has 0 amide bonds. The van der Waals surface area contributed by atoms with Gasteiger partial charge in [-0.3, -0.25) is 0 Å². The third-order valence-electron chi connectivity index (χ3n) is 5.37. The third kappa shape index (κ3) is 1.78. The highest BCUT2D eigenvalue weighted by Crippen LogP contribution is 2.59. The molecule has 1 saturated carbocycles. The van der Waals surface area contributed by atoms with Gasteiger partial charge in [-0.05, 0) is 45.4 Å². The van der Waals surface area contributed by atoms with E-state index in [-0.39, 0.29) is 11.5 Å². The molecule has 0 saturated heterocycles. The molecule has 4 heteroatoms. The van der Waals surface area contributed by atoms with Crippen LogP contribution in [0.1, 0.15) is 49.3 Å². The van der Waals surface area contributed by atoms with Gasteiger partial charge in [0.05, 0.1) is 13.2 Å². The average Bonchev–Trinajstić information content (AvgIpc) is 3.29. The van der Waals surface area contributed by atoms with Crippen molar-refractivity contribution in [1.82, 2.24) is 0 Å². The largest absolute Gasteiger partial charge is 0.504 e. The van der Waals surface area contributed by atoms with Crippen LogP contribution in [0.5, 0.6) is 17.2 Å². The van der Waals surface area contributed by atoms with Gasteiger partial charge in [0.2, 0.25) is 0 Å². The number of phenols is 1. The number of fused-ring (bicyclic) bond motifs is 2. The summed E-state index contributed by atoms with van der Waals surface area (Å²) < 4.78 is 11.8. The Hall–Kier alpha value is -1.42. The minimum Gasteiger partial charge on any atom is -0.504 e. The predicted octanol–water partition coefficient (Wildman–Crippen LogP) is 2.42. The first-order valence-electron chi connectivity index (χ1n) is 8.07. The van der Waals surface area contributed by atoms with Gasteiger partial charge < -0.3 is 20.3 Å². The van der Waals surface area contributed by atoms with Crippen molar-refractivity contribution in [2.24, 2.45) is 5.73 Å². The van der Waals surface area contributed by atoms with Gasteiger partial charge in [0.15, 0.2) is 11.5 Å². The summed E-state index contributed by atoms with van der Waals surface area (Å²) in [4.78, 5) is 0. The first kappa shape index (κ1) is 13.3. The Bertz CT molecular complexity index is 553. The van der Waals surface area contributed by atoms with Crippen LogP contribution in [0.2, 0.25) is 0 Å². The molecule has 1 aliphatic carbocycles. The predicted molar refractivity (Wildman–Crippen MR) is 80.3 cm³/mol. The SMILES string of the molecule is CC(N)C1(c2c3c(c(O)c4c2OCCC4)OCCC3)CC1. The van der Waals surface area contributed by atoms with E-state index in [1.165, 1.54) is 5.56 Å². The van der Waals surface area contributed by atoms with Crippen molar-refractivity contribution in [2.75, 3.05) is 13.2 Å². The van der Waals surface area contributed by atoms with Crippen LogP contribution in [0.3, 0.4) is 0 Å². The van der Waals surface area contributed by atoms with Gasteiger partial charge in [0, 0.05) is 28.1 Å². The molecule has 0 bridgehead atoms. The molecular formula is C17H23NO3. The standard InChI is InChI=1S/C17H23NO3/c1-10(18)17(6-7-17)13-11-4-2-9-21-16(11)14(19)12-5-3-8-20-15(12)13/h10,19H,2-9,18H2,1H3. The summed E-state index contributed by atoms with van der Waals surface area (Å²) in [5.41, 5.74) is 9.67. The smallest absolute Gasteiger partial charge is 0.164 e. The monoisotopic (exact) mass is 289 g/mol. The van der Waals surface area contributed by atoms with Crippen LogP contribution in [0, 0.1) is 0 Å². The zero-order chi connectivity index (χ0) is 14.6. The second-order valence-electron chi connectivity index (χ2n) is 6.69. The number of ether oxygens (including phenoxy) is 2. The topological polar surface area (TPSA) is 64.7 Å². The van der Waals surface area contributed by atoms with Crippen molar-refractivity contribution in [1.29, 1.82) is 0 Å². The highest BCUT2D eigenvalue weighted by molar-refractivity contribution is 5.67. The van der Waals surface area contributed by atoms with Crippen molar-refractivity contribution in [3.63, 3.8) is 0 Å². The fraction of sp³-hybridized carbons (Fsp3) is 0.647. The van der Waals surface area contributed by atoms with Crippen LogP contribution in [0.15, 0.2) is 0 Å². The number of hydrogen-bond acceptors (Lipinski definition) is 4. The van der Waals surface area contributed by atoms with E-state index in [4.69, 9.17) is 15.2 Å². The number of rotatable bonds is 2. The molecule has 0 aromatic heterocycles. The molecule has 1 aromatic rings. The molecule has 4 nitrogen and oxygen atoms in total. The quantitative estimate of drug-likeness (QED) is 0.877. The van der Waals surface area contributed by atoms with Gasteiger partial charge in [0.1, 0.15) is 5.75 Å². The van der Waals surface area contributed by atoms with Crippen molar-refractivity contribution >= 4 is 0 Å². The fourth-order valence-corrected chi connectivity index (χ4v) is 4.01. The minimum atomic E-state index is 0.0277. The van der Waals surface area contributed by atoms with Gasteiger partial charge in [-0.2, -0.15) is 0 Å². The van der Waals surface area contributed by atoms with E-state index in [9.17, 15) is 5.11 Å². The molecule has 0 spiro atoms. The first-order chi connectivity index (χ1) is 10.1. The number of benzene rings is 1. The number of nitrogens with two attached hydrogens (primary N) is 1. The highest BCUT2D eigenvalue weighted by Gasteiger charge is 2.52. The van der Waals surface area contributed by atoms with Crippen LogP contribution >= 0.6 is 0 Å². The molecule has 4 rings (SSSR count). The van der Waals surface area contributed by atoms with E-state index in [0.29, 0.717) is 18.1 Å². The van der Waals surface area contributed by atoms with Crippen molar-refractivity contribution < 1.29 is 14.6 Å². The van der Waals surface area contributed by atoms with Crippen molar-refractivity contribution in [3.8, 4) is 17.2 Å². The van der Waals surface area contributed by atoms with E-state index >= 15 is 0 Å². The Morgan fingerprint density at radius 1 is 1.05 bits per heavy atom. The molecule has 3 N–H and O–H groups in total. The van der Waals surface area contributed by atoms with Crippen LogP contribution in [-0.4, -0.2) is 24.4 Å². The summed E-state index contributed by atoms with van der Waals surface area (Å²) in [7, 11) is 0. The van der Waals surface area contributed by atoms with Crippen LogP contribution < -0.4 is 15.2 Å². The molecule has 1 fully saturated rings. The molecule has 0 radical (unpaired) electrons. The number of phenolic OH excluding ortho intramolecular Hbond substituents is 1. The molecule has 2 heterocycles. The average molecular weight is 289 g/mol. The zero-order valence-electron chi connectivity index (χ0n) is 12.6. The third-order valence-corrected chi connectivity index (χ3v) is 5.37. The molecular weight excluding hydrogens is 266 g/mol. The van der Waals surface area contributed by atoms with E-state index in [2.05, 4.69) is 6.92 Å². The van der Waals surface area contributed by atoms with Crippen molar-refractivity contribution in [2.45, 2.75) is 56.9 Å². The second kappa shape index (κ2) is 4.54. The van der Waals surface area contributed by atoms with Gasteiger partial charge in [0.25, 0.3) is 0 Å². The van der Waals surface area contributed by atoms with Gasteiger partial charge in [-0.15, -0.1) is 0 Å². The normalized spacial score (nSPS) is 23.3. The zero-order valence-corrected chi connectivity index (χ0v) is 12.6. The molecule has 2 aliphatic heterocycles. The molecule has 1 atom stereocenters. The lowest BCUT2D eigenvalue weighted by Gasteiger charge is -2.33. The maximum absolute atomic E-state index is 10.6. The summed E-state index contributed by atoms with van der Waals surface area (Å²) in [5.74, 6) is 1.92. The highest BCUT2D eigenvalue weighted by atomic mass is 16.5. The Kier molecular flexibility index (Phi) is 2.86. The lowest BCUT2D eigenvalue weighted by Crippen LogP contribution is -2.34. The first-order valence-corrected chi connectivity index (χ1v) is 8.07. The molecule has 3 aliphatic rings. The van der Waals surface area contributed by atoms with E-state index < -0.39 is 0 Å². The van der Waals surface area contributed by atoms with E-state index in [1.807, 2.05) is 0 Å². The Labute approximate surface area is 125 Å². The number of aromatic hydroxyl groups is 1. The Morgan fingerprint density at radius 2 is 1.67 bits per heavy atom. The van der Waals surface area contributed by atoms with Crippen molar-refractivity contribution in [3.05, 3.63) is 16.7 Å². The number of hydrogen-bond donors (Lipinski definition) is 2. The summed E-state index contributed by atoms with van der Waals surface area (Å²) in [5, 5.41) is 10.6. The minimum absolute atomic E-state index is 0.0277. The Morgan fingerprint density at radius 3 is 2.29 bits per heavy atom. The second-order valence-corrected chi connectivity index (χ2v) is 6.69. The van der Waals surface area contributed by atoms with E-state index in [1.54, 1.807) is 0 Å². The van der Waals surface area contributed by atoms with Crippen LogP contribution in [0.25, 0.3) is 0 Å². The summed E-state index contributed by atoms with van der Waals surface area (Å²) >= 11 is 0. The summed E-state index contributed by atoms with van der Waals surface area (Å²) in [6.07, 6.45) is 5.97. The fourth-order valence-electron chi connectivity index (χ4n) is 4.01.